The molecule has 1 heterocycles. The van der Waals surface area contributed by atoms with Crippen molar-refractivity contribution in [2.75, 3.05) is 11.5 Å². The zero-order valence-electron chi connectivity index (χ0n) is 9.13. The summed E-state index contributed by atoms with van der Waals surface area (Å²) in [6, 6.07) is 5.38. The Morgan fingerprint density at radius 1 is 1.11 bits per heavy atom. The Balaban J connectivity index is 2.33. The fraction of sp³-hybridized carbons (Fsp3) is 0. The summed E-state index contributed by atoms with van der Waals surface area (Å²) in [5.41, 5.74) is 11.3. The highest BCUT2D eigenvalue weighted by Gasteiger charge is 2.06. The number of anilines is 2. The molecule has 1 aromatic heterocycles. The van der Waals surface area contributed by atoms with Crippen molar-refractivity contribution in [1.82, 2.24) is 9.97 Å². The third kappa shape index (κ3) is 2.95. The smallest absolute Gasteiger partial charge is 0.196 e. The lowest BCUT2D eigenvalue weighted by atomic mass is 10.2. The molecule has 0 radical (unpaired) electrons. The lowest BCUT2D eigenvalue weighted by Gasteiger charge is -2.03. The maximum absolute atomic E-state index is 13.2. The highest BCUT2D eigenvalue weighted by Crippen LogP contribution is 2.27. The van der Waals surface area contributed by atoms with E-state index in [2.05, 4.69) is 9.97 Å². The Labute approximate surface area is 106 Å². The Bertz CT molecular complexity index is 585. The monoisotopic (exact) mass is 264 g/mol. The summed E-state index contributed by atoms with van der Waals surface area (Å²) in [5.74, 6) is -0.0343. The molecule has 0 bridgehead atoms. The molecule has 0 saturated carbocycles. The topological polar surface area (TPSA) is 94.9 Å². The fourth-order valence-corrected chi connectivity index (χ4v) is 2.20. The largest absolute Gasteiger partial charge is 0.383 e. The third-order valence-corrected chi connectivity index (χ3v) is 2.82. The number of aldehydes is 1. The van der Waals surface area contributed by atoms with E-state index < -0.39 is 5.82 Å². The van der Waals surface area contributed by atoms with Crippen molar-refractivity contribution in [1.29, 1.82) is 0 Å². The Morgan fingerprint density at radius 2 is 1.78 bits per heavy atom. The quantitative estimate of drug-likeness (QED) is 0.647. The number of nitrogens with zero attached hydrogens (tertiary/aromatic N) is 2. The van der Waals surface area contributed by atoms with E-state index in [0.29, 0.717) is 16.3 Å². The van der Waals surface area contributed by atoms with Crippen LogP contribution < -0.4 is 11.5 Å². The summed E-state index contributed by atoms with van der Waals surface area (Å²) >= 11 is 1.08. The van der Waals surface area contributed by atoms with Crippen LogP contribution in [0.2, 0.25) is 0 Å². The van der Waals surface area contributed by atoms with Gasteiger partial charge in [0.15, 0.2) is 5.16 Å². The van der Waals surface area contributed by atoms with Gasteiger partial charge < -0.3 is 11.5 Å². The number of carbonyl (C=O) groups is 1. The minimum Gasteiger partial charge on any atom is -0.383 e. The molecule has 0 aliphatic heterocycles. The van der Waals surface area contributed by atoms with E-state index in [1.165, 1.54) is 18.2 Å². The molecule has 5 nitrogen and oxygen atoms in total. The average Bonchev–Trinajstić information content (AvgIpc) is 2.26. The number of hydrogen-bond acceptors (Lipinski definition) is 6. The summed E-state index contributed by atoms with van der Waals surface area (Å²) < 4.78 is 13.2. The van der Waals surface area contributed by atoms with E-state index in [4.69, 9.17) is 11.5 Å². The first-order valence-electron chi connectivity index (χ1n) is 4.90. The van der Waals surface area contributed by atoms with Crippen molar-refractivity contribution in [2.45, 2.75) is 10.1 Å². The van der Waals surface area contributed by atoms with Crippen LogP contribution in [0.3, 0.4) is 0 Å². The number of rotatable bonds is 3. The number of benzene rings is 1. The maximum Gasteiger partial charge on any atom is 0.196 e. The van der Waals surface area contributed by atoms with Crippen molar-refractivity contribution in [3.8, 4) is 0 Å². The fourth-order valence-electron chi connectivity index (χ4n) is 1.32. The third-order valence-electron chi connectivity index (χ3n) is 1.98. The summed E-state index contributed by atoms with van der Waals surface area (Å²) in [6.07, 6.45) is 0.571. The standard InChI is InChI=1S/C11H9FN4OS/c12-7-1-6(5-17)2-8(3-7)18-11-15-9(13)4-10(14)16-11/h1-5H,(H4,13,14,15,16). The van der Waals surface area contributed by atoms with Gasteiger partial charge in [-0.3, -0.25) is 4.79 Å². The first kappa shape index (κ1) is 12.3. The van der Waals surface area contributed by atoms with Gasteiger partial charge in [0, 0.05) is 16.5 Å². The molecule has 0 amide bonds. The molecule has 4 N–H and O–H groups in total. The minimum absolute atomic E-state index is 0.233. The average molecular weight is 264 g/mol. The first-order chi connectivity index (χ1) is 8.56. The predicted molar refractivity (Wildman–Crippen MR) is 66.8 cm³/mol. The molecule has 0 fully saturated rings. The highest BCUT2D eigenvalue weighted by atomic mass is 32.2. The number of nitrogen functional groups attached to an aromatic ring is 2. The van der Waals surface area contributed by atoms with Gasteiger partial charge in [-0.2, -0.15) is 0 Å². The van der Waals surface area contributed by atoms with Gasteiger partial charge in [0.1, 0.15) is 23.7 Å². The van der Waals surface area contributed by atoms with Crippen molar-refractivity contribution in [3.63, 3.8) is 0 Å². The summed E-state index contributed by atoms with van der Waals surface area (Å²) in [7, 11) is 0. The number of nitrogens with two attached hydrogens (primary N) is 2. The van der Waals surface area contributed by atoms with E-state index >= 15 is 0 Å². The predicted octanol–water partition coefficient (Wildman–Crippen LogP) is 1.74. The van der Waals surface area contributed by atoms with Gasteiger partial charge in [-0.15, -0.1) is 0 Å². The molecule has 0 aliphatic carbocycles. The van der Waals surface area contributed by atoms with Crippen molar-refractivity contribution >= 4 is 29.7 Å². The molecule has 0 atom stereocenters. The summed E-state index contributed by atoms with van der Waals surface area (Å²) in [6.45, 7) is 0. The maximum atomic E-state index is 13.2. The first-order valence-corrected chi connectivity index (χ1v) is 5.72. The highest BCUT2D eigenvalue weighted by molar-refractivity contribution is 7.99. The zero-order chi connectivity index (χ0) is 13.1. The van der Waals surface area contributed by atoms with Crippen LogP contribution in [0.4, 0.5) is 16.0 Å². The second kappa shape index (κ2) is 5.01. The minimum atomic E-state index is -0.501. The molecule has 7 heteroatoms. The second-order valence-corrected chi connectivity index (χ2v) is 4.48. The molecule has 0 saturated heterocycles. The van der Waals surface area contributed by atoms with Gasteiger partial charge in [0.25, 0.3) is 0 Å². The van der Waals surface area contributed by atoms with Gasteiger partial charge in [-0.1, -0.05) is 0 Å². The molecule has 0 aliphatic rings. The van der Waals surface area contributed by atoms with E-state index in [1.54, 1.807) is 0 Å². The molecule has 2 rings (SSSR count). The normalized spacial score (nSPS) is 10.3. The summed E-state index contributed by atoms with van der Waals surface area (Å²) in [4.78, 5) is 19.0. The van der Waals surface area contributed by atoms with Crippen LogP contribution in [-0.2, 0) is 0 Å². The number of carbonyl (C=O) groups excluding carboxylic acids is 1. The molecular formula is C11H9FN4OS. The van der Waals surface area contributed by atoms with E-state index in [-0.39, 0.29) is 17.2 Å². The molecule has 0 spiro atoms. The van der Waals surface area contributed by atoms with Crippen LogP contribution in [0.25, 0.3) is 0 Å². The van der Waals surface area contributed by atoms with Crippen LogP contribution in [0.15, 0.2) is 34.3 Å². The lowest BCUT2D eigenvalue weighted by Crippen LogP contribution is -1.99. The van der Waals surface area contributed by atoms with Crippen LogP contribution in [0, 0.1) is 5.82 Å². The van der Waals surface area contributed by atoms with Crippen LogP contribution in [0.5, 0.6) is 0 Å². The van der Waals surface area contributed by atoms with Gasteiger partial charge >= 0.3 is 0 Å². The van der Waals surface area contributed by atoms with Gasteiger partial charge in [-0.25, -0.2) is 14.4 Å². The van der Waals surface area contributed by atoms with Gasteiger partial charge in [-0.05, 0) is 30.0 Å². The van der Waals surface area contributed by atoms with E-state index in [1.807, 2.05) is 0 Å². The number of aromatic nitrogens is 2. The van der Waals surface area contributed by atoms with E-state index in [0.717, 1.165) is 17.8 Å². The molecular weight excluding hydrogens is 255 g/mol. The Kier molecular flexibility index (Phi) is 3.42. The molecule has 18 heavy (non-hydrogen) atoms. The molecule has 2 aromatic rings. The van der Waals surface area contributed by atoms with Crippen LogP contribution >= 0.6 is 11.8 Å². The number of halogens is 1. The zero-order valence-corrected chi connectivity index (χ0v) is 9.95. The van der Waals surface area contributed by atoms with Crippen molar-refractivity contribution in [3.05, 3.63) is 35.6 Å². The van der Waals surface area contributed by atoms with Crippen LogP contribution in [0.1, 0.15) is 10.4 Å². The number of hydrogen-bond donors (Lipinski definition) is 2. The molecule has 92 valence electrons. The SMILES string of the molecule is Nc1cc(N)nc(Sc2cc(F)cc(C=O)c2)n1. The lowest BCUT2D eigenvalue weighted by molar-refractivity contribution is 0.112. The second-order valence-electron chi connectivity index (χ2n) is 3.44. The summed E-state index contributed by atoms with van der Waals surface area (Å²) in [5, 5.41) is 0.301. The van der Waals surface area contributed by atoms with Gasteiger partial charge in [0.2, 0.25) is 0 Å². The van der Waals surface area contributed by atoms with E-state index in [9.17, 15) is 9.18 Å². The Hall–Kier alpha value is -2.15. The van der Waals surface area contributed by atoms with Crippen LogP contribution in [-0.4, -0.2) is 16.3 Å². The molecule has 0 unspecified atom stereocenters. The van der Waals surface area contributed by atoms with Crippen molar-refractivity contribution < 1.29 is 9.18 Å². The Morgan fingerprint density at radius 3 is 2.39 bits per heavy atom. The van der Waals surface area contributed by atoms with Crippen molar-refractivity contribution in [2.24, 2.45) is 0 Å². The molecule has 1 aromatic carbocycles. The van der Waals surface area contributed by atoms with Gasteiger partial charge in [0.05, 0.1) is 0 Å².